The highest BCUT2D eigenvalue weighted by Gasteiger charge is 2.04. The average molecular weight is 237 g/mol. The van der Waals surface area contributed by atoms with Crippen molar-refractivity contribution < 1.29 is 0 Å². The van der Waals surface area contributed by atoms with Crippen LogP contribution in [0.5, 0.6) is 0 Å². The zero-order chi connectivity index (χ0) is 12.0. The lowest BCUT2D eigenvalue weighted by atomic mass is 10.2. The van der Waals surface area contributed by atoms with E-state index in [0.29, 0.717) is 4.99 Å². The molecule has 16 heavy (non-hydrogen) atoms. The van der Waals surface area contributed by atoms with Gasteiger partial charge in [-0.1, -0.05) is 25.2 Å². The molecule has 1 aromatic rings. The zero-order valence-corrected chi connectivity index (χ0v) is 10.8. The monoisotopic (exact) mass is 237 g/mol. The second kappa shape index (κ2) is 6.55. The van der Waals surface area contributed by atoms with Gasteiger partial charge in [-0.3, -0.25) is 9.88 Å². The highest BCUT2D eigenvalue weighted by Crippen LogP contribution is 2.06. The minimum absolute atomic E-state index is 0.584. The fourth-order valence-corrected chi connectivity index (χ4v) is 1.67. The van der Waals surface area contributed by atoms with Crippen LogP contribution in [0.2, 0.25) is 0 Å². The molecule has 0 fully saturated rings. The number of pyridine rings is 1. The van der Waals surface area contributed by atoms with Crippen molar-refractivity contribution in [1.29, 1.82) is 0 Å². The van der Waals surface area contributed by atoms with E-state index in [2.05, 4.69) is 29.8 Å². The summed E-state index contributed by atoms with van der Waals surface area (Å²) in [6.45, 7) is 7.02. The van der Waals surface area contributed by atoms with Gasteiger partial charge in [0.25, 0.3) is 0 Å². The number of nitrogens with two attached hydrogens (primary N) is 1. The Morgan fingerprint density at radius 3 is 2.81 bits per heavy atom. The Hall–Kier alpha value is -1.00. The molecule has 0 saturated carbocycles. The van der Waals surface area contributed by atoms with Crippen molar-refractivity contribution in [1.82, 2.24) is 9.88 Å². The summed E-state index contributed by atoms with van der Waals surface area (Å²) in [5, 5.41) is 0. The molecule has 4 heteroatoms. The van der Waals surface area contributed by atoms with Gasteiger partial charge < -0.3 is 5.73 Å². The number of aromatic nitrogens is 1. The van der Waals surface area contributed by atoms with E-state index in [4.69, 9.17) is 18.0 Å². The SMILES string of the molecule is CCN(CCC(N)=S)Cc1cncc(C)c1. The smallest absolute Gasteiger partial charge is 0.0740 e. The molecular weight excluding hydrogens is 218 g/mol. The lowest BCUT2D eigenvalue weighted by molar-refractivity contribution is 0.288. The van der Waals surface area contributed by atoms with Crippen molar-refractivity contribution in [2.45, 2.75) is 26.8 Å². The third kappa shape index (κ3) is 4.68. The molecule has 88 valence electrons. The summed E-state index contributed by atoms with van der Waals surface area (Å²) < 4.78 is 0. The predicted octanol–water partition coefficient (Wildman–Crippen LogP) is 1.89. The summed E-state index contributed by atoms with van der Waals surface area (Å²) in [5.41, 5.74) is 7.94. The van der Waals surface area contributed by atoms with Gasteiger partial charge in [0.15, 0.2) is 0 Å². The molecule has 0 aliphatic rings. The average Bonchev–Trinajstić information content (AvgIpc) is 2.24. The van der Waals surface area contributed by atoms with Crippen LogP contribution < -0.4 is 5.73 Å². The Kier molecular flexibility index (Phi) is 5.35. The van der Waals surface area contributed by atoms with E-state index in [9.17, 15) is 0 Å². The van der Waals surface area contributed by atoms with E-state index in [0.717, 1.165) is 26.1 Å². The number of hydrogen-bond donors (Lipinski definition) is 1. The number of thiocarbonyl (C=S) groups is 1. The van der Waals surface area contributed by atoms with Crippen LogP contribution >= 0.6 is 12.2 Å². The predicted molar refractivity (Wildman–Crippen MR) is 71.3 cm³/mol. The third-order valence-corrected chi connectivity index (χ3v) is 2.66. The summed E-state index contributed by atoms with van der Waals surface area (Å²) in [4.78, 5) is 7.09. The second-order valence-electron chi connectivity index (χ2n) is 3.96. The molecule has 0 spiro atoms. The number of aryl methyl sites for hydroxylation is 1. The fraction of sp³-hybridized carbons (Fsp3) is 0.500. The molecule has 0 aromatic carbocycles. The molecule has 2 N–H and O–H groups in total. The van der Waals surface area contributed by atoms with Crippen LogP contribution in [0, 0.1) is 6.92 Å². The molecule has 0 aliphatic heterocycles. The van der Waals surface area contributed by atoms with Gasteiger partial charge in [-0.25, -0.2) is 0 Å². The van der Waals surface area contributed by atoms with Crippen LogP contribution in [0.25, 0.3) is 0 Å². The highest BCUT2D eigenvalue weighted by atomic mass is 32.1. The maximum absolute atomic E-state index is 5.51. The summed E-state index contributed by atoms with van der Waals surface area (Å²) in [5.74, 6) is 0. The Labute approximate surface area is 103 Å². The van der Waals surface area contributed by atoms with Crippen LogP contribution in [0.3, 0.4) is 0 Å². The summed E-state index contributed by atoms with van der Waals surface area (Å²) in [6.07, 6.45) is 4.56. The van der Waals surface area contributed by atoms with E-state index in [-0.39, 0.29) is 0 Å². The van der Waals surface area contributed by atoms with Gasteiger partial charge in [-0.05, 0) is 24.6 Å². The van der Waals surface area contributed by atoms with Crippen LogP contribution in [0.4, 0.5) is 0 Å². The van der Waals surface area contributed by atoms with Gasteiger partial charge in [-0.15, -0.1) is 0 Å². The van der Waals surface area contributed by atoms with Gasteiger partial charge in [0.1, 0.15) is 0 Å². The number of nitrogens with zero attached hydrogens (tertiary/aromatic N) is 2. The quantitative estimate of drug-likeness (QED) is 0.767. The highest BCUT2D eigenvalue weighted by molar-refractivity contribution is 7.80. The molecule has 0 bridgehead atoms. The van der Waals surface area contributed by atoms with Gasteiger partial charge in [0.2, 0.25) is 0 Å². The first kappa shape index (κ1) is 13.1. The minimum Gasteiger partial charge on any atom is -0.393 e. The van der Waals surface area contributed by atoms with Gasteiger partial charge in [-0.2, -0.15) is 0 Å². The van der Waals surface area contributed by atoms with Crippen molar-refractivity contribution in [3.8, 4) is 0 Å². The van der Waals surface area contributed by atoms with Crippen LogP contribution in [-0.4, -0.2) is 28.0 Å². The second-order valence-corrected chi connectivity index (χ2v) is 4.48. The molecule has 3 nitrogen and oxygen atoms in total. The number of hydrogen-bond acceptors (Lipinski definition) is 3. The minimum atomic E-state index is 0.584. The molecule has 0 amide bonds. The Morgan fingerprint density at radius 1 is 1.50 bits per heavy atom. The summed E-state index contributed by atoms with van der Waals surface area (Å²) >= 11 is 4.89. The van der Waals surface area contributed by atoms with E-state index in [1.54, 1.807) is 0 Å². The molecular formula is C12H19N3S. The zero-order valence-electron chi connectivity index (χ0n) is 9.94. The summed E-state index contributed by atoms with van der Waals surface area (Å²) in [6, 6.07) is 2.16. The van der Waals surface area contributed by atoms with Gasteiger partial charge in [0.05, 0.1) is 4.99 Å². The lowest BCUT2D eigenvalue weighted by Crippen LogP contribution is -2.27. The Balaban J connectivity index is 2.52. The molecule has 1 heterocycles. The van der Waals surface area contributed by atoms with Gasteiger partial charge >= 0.3 is 0 Å². The molecule has 0 atom stereocenters. The first-order chi connectivity index (χ1) is 7.61. The Morgan fingerprint density at radius 2 is 2.25 bits per heavy atom. The largest absolute Gasteiger partial charge is 0.393 e. The van der Waals surface area contributed by atoms with Crippen LogP contribution in [0.15, 0.2) is 18.5 Å². The lowest BCUT2D eigenvalue weighted by Gasteiger charge is -2.20. The van der Waals surface area contributed by atoms with Crippen molar-refractivity contribution in [2.24, 2.45) is 5.73 Å². The van der Waals surface area contributed by atoms with Crippen molar-refractivity contribution >= 4 is 17.2 Å². The topological polar surface area (TPSA) is 42.1 Å². The van der Waals surface area contributed by atoms with E-state index >= 15 is 0 Å². The maximum atomic E-state index is 5.51. The molecule has 0 aliphatic carbocycles. The van der Waals surface area contributed by atoms with E-state index in [1.807, 2.05) is 12.4 Å². The fourth-order valence-electron chi connectivity index (χ4n) is 1.58. The van der Waals surface area contributed by atoms with Crippen molar-refractivity contribution in [3.05, 3.63) is 29.6 Å². The van der Waals surface area contributed by atoms with Crippen LogP contribution in [-0.2, 0) is 6.54 Å². The molecule has 0 saturated heterocycles. The maximum Gasteiger partial charge on any atom is 0.0740 e. The first-order valence-corrected chi connectivity index (χ1v) is 5.94. The first-order valence-electron chi connectivity index (χ1n) is 5.53. The van der Waals surface area contributed by atoms with Crippen molar-refractivity contribution in [2.75, 3.05) is 13.1 Å². The standard InChI is InChI=1S/C12H19N3S/c1-3-15(5-4-12(13)16)9-11-6-10(2)7-14-8-11/h6-8H,3-5,9H2,1-2H3,(H2,13,16). The Bertz CT molecular complexity index is 352. The molecule has 1 aromatic heterocycles. The van der Waals surface area contributed by atoms with E-state index in [1.165, 1.54) is 11.1 Å². The normalized spacial score (nSPS) is 10.7. The molecule has 0 radical (unpaired) electrons. The molecule has 1 rings (SSSR count). The molecule has 0 unspecified atom stereocenters. The van der Waals surface area contributed by atoms with E-state index < -0.39 is 0 Å². The van der Waals surface area contributed by atoms with Gasteiger partial charge in [0, 0.05) is 31.9 Å². The van der Waals surface area contributed by atoms with Crippen LogP contribution in [0.1, 0.15) is 24.5 Å². The number of rotatable bonds is 6. The van der Waals surface area contributed by atoms with Crippen molar-refractivity contribution in [3.63, 3.8) is 0 Å². The summed E-state index contributed by atoms with van der Waals surface area (Å²) in [7, 11) is 0. The third-order valence-electron chi connectivity index (χ3n) is 2.46.